The number of nitrogens with zero attached hydrogens (tertiary/aromatic N) is 1. The third-order valence-corrected chi connectivity index (χ3v) is 2.16. The van der Waals surface area contributed by atoms with Crippen molar-refractivity contribution in [1.82, 2.24) is 4.90 Å². The molecule has 0 N–H and O–H groups in total. The lowest BCUT2D eigenvalue weighted by Crippen LogP contribution is -2.39. The highest BCUT2D eigenvalue weighted by molar-refractivity contribution is 5.27. The second kappa shape index (κ2) is 4.50. The molecule has 0 aromatic heterocycles. The standard InChI is InChI=1S/C13H23N/c1-9-11(4)14(13(6,7)8)12(5)10(2)3/h2,4-5,9H2,1,3,6-8H3. The summed E-state index contributed by atoms with van der Waals surface area (Å²) in [7, 11) is 0. The molecule has 1 heteroatoms. The Morgan fingerprint density at radius 2 is 1.57 bits per heavy atom. The lowest BCUT2D eigenvalue weighted by Gasteiger charge is -2.40. The van der Waals surface area contributed by atoms with E-state index in [0.717, 1.165) is 23.4 Å². The van der Waals surface area contributed by atoms with Crippen LogP contribution in [0.1, 0.15) is 41.0 Å². The van der Waals surface area contributed by atoms with Gasteiger partial charge in [0.15, 0.2) is 0 Å². The predicted molar refractivity (Wildman–Crippen MR) is 65.0 cm³/mol. The first-order valence-corrected chi connectivity index (χ1v) is 5.04. The summed E-state index contributed by atoms with van der Waals surface area (Å²) < 4.78 is 0. The lowest BCUT2D eigenvalue weighted by atomic mass is 10.0. The van der Waals surface area contributed by atoms with Gasteiger partial charge in [-0.3, -0.25) is 0 Å². The van der Waals surface area contributed by atoms with E-state index in [-0.39, 0.29) is 5.54 Å². The maximum atomic E-state index is 4.07. The number of hydrogen-bond acceptors (Lipinski definition) is 1. The second-order valence-electron chi connectivity index (χ2n) is 4.65. The van der Waals surface area contributed by atoms with Gasteiger partial charge in [0.05, 0.1) is 0 Å². The van der Waals surface area contributed by atoms with Gasteiger partial charge in [-0.2, -0.15) is 0 Å². The van der Waals surface area contributed by atoms with Crippen molar-refractivity contribution < 1.29 is 0 Å². The molecule has 0 amide bonds. The van der Waals surface area contributed by atoms with Gasteiger partial charge in [-0.1, -0.05) is 26.7 Å². The van der Waals surface area contributed by atoms with Crippen molar-refractivity contribution in [3.63, 3.8) is 0 Å². The van der Waals surface area contributed by atoms with E-state index in [4.69, 9.17) is 0 Å². The van der Waals surface area contributed by atoms with E-state index in [1.165, 1.54) is 0 Å². The Morgan fingerprint density at radius 1 is 1.14 bits per heavy atom. The predicted octanol–water partition coefficient (Wildman–Crippen LogP) is 4.10. The third kappa shape index (κ3) is 3.06. The van der Waals surface area contributed by atoms with Gasteiger partial charge in [0, 0.05) is 16.9 Å². The Labute approximate surface area is 88.8 Å². The molecule has 0 aliphatic rings. The van der Waals surface area contributed by atoms with Crippen molar-refractivity contribution >= 4 is 0 Å². The average Bonchev–Trinajstić information content (AvgIpc) is 2.01. The highest BCUT2D eigenvalue weighted by Gasteiger charge is 2.24. The van der Waals surface area contributed by atoms with Crippen LogP contribution in [0.15, 0.2) is 36.7 Å². The fourth-order valence-corrected chi connectivity index (χ4v) is 1.42. The summed E-state index contributed by atoms with van der Waals surface area (Å²) in [6.07, 6.45) is 0.934. The van der Waals surface area contributed by atoms with Crippen LogP contribution in [-0.2, 0) is 0 Å². The highest BCUT2D eigenvalue weighted by Crippen LogP contribution is 2.28. The van der Waals surface area contributed by atoms with Gasteiger partial charge in [0.25, 0.3) is 0 Å². The van der Waals surface area contributed by atoms with Crippen LogP contribution in [0.4, 0.5) is 0 Å². The minimum atomic E-state index is 0.0170. The van der Waals surface area contributed by atoms with E-state index >= 15 is 0 Å². The molecular weight excluding hydrogens is 170 g/mol. The van der Waals surface area contributed by atoms with Crippen LogP contribution in [-0.4, -0.2) is 10.4 Å². The van der Waals surface area contributed by atoms with Crippen LogP contribution >= 0.6 is 0 Å². The van der Waals surface area contributed by atoms with Gasteiger partial charge >= 0.3 is 0 Å². The van der Waals surface area contributed by atoms with Crippen LogP contribution in [0.5, 0.6) is 0 Å². The zero-order valence-electron chi connectivity index (χ0n) is 10.3. The lowest BCUT2D eigenvalue weighted by molar-refractivity contribution is 0.237. The average molecular weight is 193 g/mol. The van der Waals surface area contributed by atoms with Crippen molar-refractivity contribution in [3.8, 4) is 0 Å². The molecule has 0 spiro atoms. The van der Waals surface area contributed by atoms with Crippen molar-refractivity contribution in [3.05, 3.63) is 36.7 Å². The number of hydrogen-bond donors (Lipinski definition) is 0. The van der Waals surface area contributed by atoms with E-state index in [1.807, 2.05) is 6.92 Å². The first-order valence-electron chi connectivity index (χ1n) is 5.04. The molecule has 0 atom stereocenters. The van der Waals surface area contributed by atoms with Crippen LogP contribution in [0.25, 0.3) is 0 Å². The maximum Gasteiger partial charge on any atom is 0.0363 e. The normalized spacial score (nSPS) is 10.9. The molecule has 0 heterocycles. The van der Waals surface area contributed by atoms with Crippen LogP contribution in [0, 0.1) is 0 Å². The first kappa shape index (κ1) is 13.0. The SMILES string of the molecule is C=C(C)C(=C)N(C(=C)CC)C(C)(C)C. The third-order valence-electron chi connectivity index (χ3n) is 2.16. The molecule has 0 aliphatic carbocycles. The number of allylic oxidation sites excluding steroid dienone is 2. The van der Waals surface area contributed by atoms with E-state index in [1.54, 1.807) is 0 Å². The highest BCUT2D eigenvalue weighted by atomic mass is 15.2. The van der Waals surface area contributed by atoms with Crippen molar-refractivity contribution in [1.29, 1.82) is 0 Å². The molecule has 0 aliphatic heterocycles. The van der Waals surface area contributed by atoms with Crippen molar-refractivity contribution in [2.24, 2.45) is 0 Å². The molecule has 14 heavy (non-hydrogen) atoms. The summed E-state index contributed by atoms with van der Waals surface area (Å²) in [6, 6.07) is 0. The Balaban J connectivity index is 5.02. The molecule has 1 nitrogen and oxygen atoms in total. The molecule has 0 aromatic carbocycles. The molecule has 0 aromatic rings. The Kier molecular flexibility index (Phi) is 4.18. The maximum absolute atomic E-state index is 4.07. The van der Waals surface area contributed by atoms with E-state index in [2.05, 4.69) is 52.3 Å². The summed E-state index contributed by atoms with van der Waals surface area (Å²) in [5.41, 5.74) is 3.06. The molecule has 0 rings (SSSR count). The van der Waals surface area contributed by atoms with Crippen LogP contribution < -0.4 is 0 Å². The van der Waals surface area contributed by atoms with Gasteiger partial charge in [-0.15, -0.1) is 0 Å². The van der Waals surface area contributed by atoms with E-state index in [9.17, 15) is 0 Å². The summed E-state index contributed by atoms with van der Waals surface area (Å²) in [5, 5.41) is 0. The minimum absolute atomic E-state index is 0.0170. The summed E-state index contributed by atoms with van der Waals surface area (Å²) in [5.74, 6) is 0. The van der Waals surface area contributed by atoms with E-state index < -0.39 is 0 Å². The van der Waals surface area contributed by atoms with Gasteiger partial charge in [-0.05, 0) is 39.7 Å². The van der Waals surface area contributed by atoms with Crippen molar-refractivity contribution in [2.45, 2.75) is 46.6 Å². The Hall–Kier alpha value is -0.980. The topological polar surface area (TPSA) is 3.24 Å². The molecule has 0 radical (unpaired) electrons. The second-order valence-corrected chi connectivity index (χ2v) is 4.65. The summed E-state index contributed by atoms with van der Waals surface area (Å²) in [4.78, 5) is 2.16. The summed E-state index contributed by atoms with van der Waals surface area (Å²) in [6.45, 7) is 22.6. The molecule has 0 saturated heterocycles. The quantitative estimate of drug-likeness (QED) is 0.608. The van der Waals surface area contributed by atoms with Gasteiger partial charge in [0.1, 0.15) is 0 Å². The zero-order chi connectivity index (χ0) is 11.5. The molecular formula is C13H23N. The van der Waals surface area contributed by atoms with Crippen LogP contribution in [0.3, 0.4) is 0 Å². The molecule has 0 fully saturated rings. The van der Waals surface area contributed by atoms with Gasteiger partial charge in [-0.25, -0.2) is 0 Å². The van der Waals surface area contributed by atoms with E-state index in [0.29, 0.717) is 0 Å². The Morgan fingerprint density at radius 3 is 1.79 bits per heavy atom. The summed E-state index contributed by atoms with van der Waals surface area (Å²) >= 11 is 0. The molecule has 0 unspecified atom stereocenters. The smallest absolute Gasteiger partial charge is 0.0363 e. The van der Waals surface area contributed by atoms with Crippen molar-refractivity contribution in [2.75, 3.05) is 0 Å². The number of rotatable bonds is 4. The van der Waals surface area contributed by atoms with Crippen LogP contribution in [0.2, 0.25) is 0 Å². The fourth-order valence-electron chi connectivity index (χ4n) is 1.42. The molecule has 80 valence electrons. The monoisotopic (exact) mass is 193 g/mol. The van der Waals surface area contributed by atoms with Gasteiger partial charge in [0.2, 0.25) is 0 Å². The zero-order valence-corrected chi connectivity index (χ0v) is 10.3. The van der Waals surface area contributed by atoms with Gasteiger partial charge < -0.3 is 4.90 Å². The Bertz CT molecular complexity index is 253. The molecule has 0 saturated carbocycles. The molecule has 0 bridgehead atoms. The minimum Gasteiger partial charge on any atom is -0.341 e. The first-order chi connectivity index (χ1) is 6.21. The largest absolute Gasteiger partial charge is 0.341 e. The fraction of sp³-hybridized carbons (Fsp3) is 0.538.